The quantitative estimate of drug-likeness (QED) is 0.238. The highest BCUT2D eigenvalue weighted by atomic mass is 32.1. The third-order valence-corrected chi connectivity index (χ3v) is 6.15. The number of thiazole rings is 1. The summed E-state index contributed by atoms with van der Waals surface area (Å²) in [5.74, 6) is -0.834. The third kappa shape index (κ3) is 4.24. The molecule has 3 aromatic heterocycles. The zero-order chi connectivity index (χ0) is 21.1. The molecule has 0 aliphatic heterocycles. The van der Waals surface area contributed by atoms with Gasteiger partial charge in [0.25, 0.3) is 5.91 Å². The molecule has 0 atom stereocenters. The number of halogens is 1. The molecule has 0 bridgehead atoms. The molecular weight excluding hydrogens is 427 g/mol. The van der Waals surface area contributed by atoms with E-state index in [1.807, 2.05) is 6.07 Å². The molecule has 0 fully saturated rings. The van der Waals surface area contributed by atoms with Gasteiger partial charge >= 0.3 is 5.00 Å². The monoisotopic (exact) mass is 440 g/mol. The van der Waals surface area contributed by atoms with E-state index < -0.39 is 10.7 Å². The van der Waals surface area contributed by atoms with Crippen LogP contribution in [0.15, 0.2) is 60.9 Å². The predicted molar refractivity (Wildman–Crippen MR) is 115 cm³/mol. The van der Waals surface area contributed by atoms with E-state index in [4.69, 9.17) is 0 Å². The van der Waals surface area contributed by atoms with Gasteiger partial charge in [-0.3, -0.25) is 24.8 Å². The fourth-order valence-corrected chi connectivity index (χ4v) is 4.42. The molecule has 0 aliphatic carbocycles. The van der Waals surface area contributed by atoms with Gasteiger partial charge in [0, 0.05) is 29.4 Å². The average Bonchev–Trinajstić information content (AvgIpc) is 3.39. The van der Waals surface area contributed by atoms with Crippen LogP contribution in [0.2, 0.25) is 0 Å². The van der Waals surface area contributed by atoms with Gasteiger partial charge < -0.3 is 0 Å². The first-order valence-electron chi connectivity index (χ1n) is 8.69. The van der Waals surface area contributed by atoms with Crippen LogP contribution >= 0.6 is 22.7 Å². The van der Waals surface area contributed by atoms with Crippen molar-refractivity contribution < 1.29 is 14.1 Å². The molecule has 4 aromatic rings. The van der Waals surface area contributed by atoms with Gasteiger partial charge in [-0.1, -0.05) is 34.8 Å². The van der Waals surface area contributed by atoms with E-state index in [-0.39, 0.29) is 23.0 Å². The minimum Gasteiger partial charge on any atom is -0.280 e. The van der Waals surface area contributed by atoms with Crippen molar-refractivity contribution >= 4 is 55.0 Å². The number of para-hydroxylation sites is 1. The Kier molecular flexibility index (Phi) is 5.59. The zero-order valence-corrected chi connectivity index (χ0v) is 16.9. The van der Waals surface area contributed by atoms with E-state index in [0.717, 1.165) is 16.9 Å². The lowest BCUT2D eigenvalue weighted by Gasteiger charge is -2.18. The van der Waals surface area contributed by atoms with Crippen LogP contribution in [0.4, 0.5) is 14.5 Å². The summed E-state index contributed by atoms with van der Waals surface area (Å²) in [7, 11) is 0. The standard InChI is InChI=1S/C20H13FN4O3S2/c21-15-4-1-5-16-19(15)23-20(30-16)24(12-13-3-2-10-22-11-13)17(26)8-6-14-7-9-18(29-14)25(27)28/h1-11H,12H2/b8-6+. The van der Waals surface area contributed by atoms with Crippen molar-refractivity contribution in [2.45, 2.75) is 6.54 Å². The molecule has 0 spiro atoms. The first-order valence-corrected chi connectivity index (χ1v) is 10.3. The summed E-state index contributed by atoms with van der Waals surface area (Å²) in [6, 6.07) is 11.2. The number of nitro groups is 1. The van der Waals surface area contributed by atoms with Crippen LogP contribution in [-0.2, 0) is 11.3 Å². The Morgan fingerprint density at radius 1 is 1.20 bits per heavy atom. The lowest BCUT2D eigenvalue weighted by Crippen LogP contribution is -2.28. The molecule has 0 radical (unpaired) electrons. The highest BCUT2D eigenvalue weighted by molar-refractivity contribution is 7.22. The largest absolute Gasteiger partial charge is 0.324 e. The number of carbonyl (C=O) groups excluding carboxylic acids is 1. The van der Waals surface area contributed by atoms with E-state index in [1.165, 1.54) is 40.5 Å². The van der Waals surface area contributed by atoms with Gasteiger partial charge in [0.05, 0.1) is 16.2 Å². The molecule has 3 heterocycles. The number of amides is 1. The minimum atomic E-state index is -0.478. The summed E-state index contributed by atoms with van der Waals surface area (Å²) in [6.07, 6.45) is 6.12. The maximum absolute atomic E-state index is 14.1. The van der Waals surface area contributed by atoms with Crippen molar-refractivity contribution in [2.75, 3.05) is 4.90 Å². The zero-order valence-electron chi connectivity index (χ0n) is 15.3. The number of benzene rings is 1. The number of fused-ring (bicyclic) bond motifs is 1. The number of carbonyl (C=O) groups is 1. The molecule has 1 aromatic carbocycles. The summed E-state index contributed by atoms with van der Waals surface area (Å²) >= 11 is 2.18. The topological polar surface area (TPSA) is 89.2 Å². The smallest absolute Gasteiger partial charge is 0.280 e. The van der Waals surface area contributed by atoms with Crippen molar-refractivity contribution in [3.8, 4) is 0 Å². The third-order valence-electron chi connectivity index (χ3n) is 4.10. The lowest BCUT2D eigenvalue weighted by molar-refractivity contribution is -0.380. The van der Waals surface area contributed by atoms with Crippen molar-refractivity contribution in [3.63, 3.8) is 0 Å². The Balaban J connectivity index is 1.66. The van der Waals surface area contributed by atoms with Crippen LogP contribution < -0.4 is 4.90 Å². The highest BCUT2D eigenvalue weighted by Crippen LogP contribution is 2.31. The normalized spacial score (nSPS) is 11.2. The molecule has 0 unspecified atom stereocenters. The molecule has 150 valence electrons. The number of nitrogens with zero attached hydrogens (tertiary/aromatic N) is 4. The summed E-state index contributed by atoms with van der Waals surface area (Å²) in [5.41, 5.74) is 0.991. The van der Waals surface area contributed by atoms with E-state index in [1.54, 1.807) is 36.7 Å². The second kappa shape index (κ2) is 8.47. The molecule has 1 amide bonds. The van der Waals surface area contributed by atoms with Crippen LogP contribution in [0.1, 0.15) is 10.4 Å². The van der Waals surface area contributed by atoms with Crippen molar-refractivity contribution in [3.05, 3.63) is 87.3 Å². The molecule has 30 heavy (non-hydrogen) atoms. The van der Waals surface area contributed by atoms with E-state index in [2.05, 4.69) is 9.97 Å². The lowest BCUT2D eigenvalue weighted by atomic mass is 10.2. The van der Waals surface area contributed by atoms with Gasteiger partial charge in [-0.05, 0) is 35.9 Å². The molecule has 4 rings (SSSR count). The summed E-state index contributed by atoms with van der Waals surface area (Å²) in [6.45, 7) is 0.197. The molecule has 10 heteroatoms. The number of hydrogen-bond donors (Lipinski definition) is 0. The molecular formula is C20H13FN4O3S2. The van der Waals surface area contributed by atoms with Crippen molar-refractivity contribution in [1.82, 2.24) is 9.97 Å². The predicted octanol–water partition coefficient (Wildman–Crippen LogP) is 5.05. The van der Waals surface area contributed by atoms with Gasteiger partial charge in [-0.2, -0.15) is 0 Å². The van der Waals surface area contributed by atoms with Crippen molar-refractivity contribution in [1.29, 1.82) is 0 Å². The van der Waals surface area contributed by atoms with Crippen molar-refractivity contribution in [2.24, 2.45) is 0 Å². The number of pyridine rings is 1. The maximum Gasteiger partial charge on any atom is 0.324 e. The summed E-state index contributed by atoms with van der Waals surface area (Å²) in [4.78, 5) is 33.7. The first kappa shape index (κ1) is 19.8. The second-order valence-electron chi connectivity index (χ2n) is 6.14. The Bertz CT molecular complexity index is 1250. The fourth-order valence-electron chi connectivity index (χ4n) is 2.71. The summed E-state index contributed by atoms with van der Waals surface area (Å²) < 4.78 is 14.7. The molecule has 7 nitrogen and oxygen atoms in total. The number of anilines is 1. The number of hydrogen-bond acceptors (Lipinski definition) is 7. The molecule has 0 saturated carbocycles. The Morgan fingerprint density at radius 2 is 2.07 bits per heavy atom. The fraction of sp³-hybridized carbons (Fsp3) is 0.0500. The van der Waals surface area contributed by atoms with Crippen LogP contribution in [-0.4, -0.2) is 20.8 Å². The van der Waals surface area contributed by atoms with Crippen LogP contribution in [0, 0.1) is 15.9 Å². The van der Waals surface area contributed by atoms with E-state index in [9.17, 15) is 19.3 Å². The number of thiophene rings is 1. The average molecular weight is 440 g/mol. The Labute approximate surface area is 177 Å². The van der Waals surface area contributed by atoms with Gasteiger partial charge in [-0.25, -0.2) is 9.37 Å². The van der Waals surface area contributed by atoms with Crippen LogP contribution in [0.5, 0.6) is 0 Å². The van der Waals surface area contributed by atoms with Crippen LogP contribution in [0.3, 0.4) is 0 Å². The van der Waals surface area contributed by atoms with Gasteiger partial charge in [-0.15, -0.1) is 0 Å². The Hall–Kier alpha value is -3.50. The van der Waals surface area contributed by atoms with Crippen LogP contribution in [0.25, 0.3) is 16.3 Å². The van der Waals surface area contributed by atoms with E-state index in [0.29, 0.717) is 14.7 Å². The van der Waals surface area contributed by atoms with Gasteiger partial charge in [0.15, 0.2) is 5.13 Å². The van der Waals surface area contributed by atoms with E-state index >= 15 is 0 Å². The molecule has 0 saturated heterocycles. The SMILES string of the molecule is O=C(/C=C/c1ccc([N+](=O)[O-])s1)N(Cc1cccnc1)c1nc2c(F)cccc2s1. The van der Waals surface area contributed by atoms with Gasteiger partial charge in [0.1, 0.15) is 11.3 Å². The minimum absolute atomic E-state index is 0.00374. The number of aromatic nitrogens is 2. The first-order chi connectivity index (χ1) is 14.5. The number of rotatable bonds is 6. The Morgan fingerprint density at radius 3 is 2.77 bits per heavy atom. The molecule has 0 aliphatic rings. The summed E-state index contributed by atoms with van der Waals surface area (Å²) in [5, 5.41) is 11.2. The molecule has 0 N–H and O–H groups in total. The van der Waals surface area contributed by atoms with Gasteiger partial charge in [0.2, 0.25) is 0 Å². The highest BCUT2D eigenvalue weighted by Gasteiger charge is 2.20. The second-order valence-corrected chi connectivity index (χ2v) is 8.24. The maximum atomic E-state index is 14.1.